The zero-order chi connectivity index (χ0) is 41.7. The van der Waals surface area contributed by atoms with Gasteiger partial charge in [0.2, 0.25) is 0 Å². The molecule has 6 aliphatic carbocycles. The van der Waals surface area contributed by atoms with Gasteiger partial charge in [0.1, 0.15) is 23.2 Å². The number of ketones is 2. The second kappa shape index (κ2) is 13.8. The number of guanidine groups is 1. The average molecular weight is 784 g/mol. The highest BCUT2D eigenvalue weighted by Gasteiger charge is 2.81. The number of carboxylic acid groups (broad SMARTS) is 1. The first-order chi connectivity index (χ1) is 26.6. The summed E-state index contributed by atoms with van der Waals surface area (Å²) in [6, 6.07) is 9.80. The molecular formula is C46H61N3O8. The number of carboxylic acids is 1. The van der Waals surface area contributed by atoms with Crippen LogP contribution in [0.15, 0.2) is 76.0 Å². The number of aliphatic imine (C=N–C) groups is 1. The van der Waals surface area contributed by atoms with Gasteiger partial charge >= 0.3 is 5.97 Å². The number of rotatable bonds is 10. The highest BCUT2D eigenvalue weighted by molar-refractivity contribution is 6.02. The molecule has 1 aromatic rings. The minimum absolute atomic E-state index is 0.0447. The molecule has 0 saturated heterocycles. The molecule has 0 aromatic heterocycles. The Balaban J connectivity index is 1.50. The number of Topliss-reactive ketones (excluding diaryl/α,β-unsaturated/α-hetero) is 2. The molecule has 1 aromatic carbocycles. The molecule has 0 spiro atoms. The number of nitrogens with zero attached hydrogens (tertiary/aromatic N) is 1. The lowest BCUT2D eigenvalue weighted by Gasteiger charge is -2.69. The third-order valence-corrected chi connectivity index (χ3v) is 16.5. The third-order valence-electron chi connectivity index (χ3n) is 16.5. The van der Waals surface area contributed by atoms with Gasteiger partial charge in [-0.3, -0.25) is 14.6 Å². The van der Waals surface area contributed by atoms with E-state index >= 15 is 4.79 Å². The summed E-state index contributed by atoms with van der Waals surface area (Å²) in [7, 11) is 0. The Bertz CT molecular complexity index is 2010. The van der Waals surface area contributed by atoms with Crippen LogP contribution in [-0.4, -0.2) is 72.9 Å². The van der Waals surface area contributed by atoms with Gasteiger partial charge in [0.25, 0.3) is 0 Å². The van der Waals surface area contributed by atoms with Gasteiger partial charge in [-0.25, -0.2) is 4.79 Å². The van der Waals surface area contributed by atoms with Gasteiger partial charge in [-0.15, -0.1) is 0 Å². The van der Waals surface area contributed by atoms with E-state index in [1.165, 1.54) is 6.92 Å². The molecule has 3 saturated carbocycles. The van der Waals surface area contributed by atoms with Crippen molar-refractivity contribution in [3.8, 4) is 0 Å². The molecular weight excluding hydrogens is 723 g/mol. The van der Waals surface area contributed by atoms with E-state index in [0.717, 1.165) is 31.2 Å². The second-order valence-corrected chi connectivity index (χ2v) is 19.3. The number of allylic oxidation sites excluding steroid dienone is 1. The van der Waals surface area contributed by atoms with Crippen molar-refractivity contribution >= 4 is 29.6 Å². The van der Waals surface area contributed by atoms with E-state index in [1.54, 1.807) is 12.2 Å². The first-order valence-corrected chi connectivity index (χ1v) is 20.7. The van der Waals surface area contributed by atoms with E-state index < -0.39 is 85.9 Å². The smallest absolute Gasteiger partial charge is 0.334 e. The lowest BCUT2D eigenvalue weighted by molar-refractivity contribution is -0.169. The molecule has 7 rings (SSSR count). The van der Waals surface area contributed by atoms with Crippen LogP contribution in [0.4, 0.5) is 0 Å². The highest BCUT2D eigenvalue weighted by atomic mass is 16.4. The number of carbonyl (C=O) groups is 3. The molecule has 9 N–H and O–H groups in total. The van der Waals surface area contributed by atoms with Crippen LogP contribution in [0.5, 0.6) is 0 Å². The number of aliphatic hydroxyl groups is 4. The second-order valence-electron chi connectivity index (χ2n) is 19.3. The highest BCUT2D eigenvalue weighted by Crippen LogP contribution is 2.81. The summed E-state index contributed by atoms with van der Waals surface area (Å²) >= 11 is 0. The number of carbonyl (C=O) groups excluding carboxylic acids is 2. The van der Waals surface area contributed by atoms with Crippen molar-refractivity contribution in [2.75, 3.05) is 6.54 Å². The molecule has 0 radical (unpaired) electrons. The van der Waals surface area contributed by atoms with E-state index in [0.29, 0.717) is 24.0 Å². The number of fused-ring (bicyclic) bond motifs is 2. The molecule has 308 valence electrons. The molecule has 11 unspecified atom stereocenters. The normalized spacial score (nSPS) is 39.0. The van der Waals surface area contributed by atoms with Gasteiger partial charge in [0.15, 0.2) is 11.7 Å². The largest absolute Gasteiger partial charge is 0.509 e. The van der Waals surface area contributed by atoms with Crippen LogP contribution in [0, 0.1) is 57.2 Å². The van der Waals surface area contributed by atoms with E-state index in [4.69, 9.17) is 11.5 Å². The number of aliphatic carboxylic acids is 1. The van der Waals surface area contributed by atoms with Crippen molar-refractivity contribution in [3.63, 3.8) is 0 Å². The van der Waals surface area contributed by atoms with Crippen molar-refractivity contribution < 1.29 is 39.9 Å². The molecule has 0 amide bonds. The van der Waals surface area contributed by atoms with E-state index in [1.807, 2.05) is 70.2 Å². The Kier molecular flexibility index (Phi) is 9.93. The fourth-order valence-electron chi connectivity index (χ4n) is 13.8. The number of nitrogens with two attached hydrogens (primary N) is 2. The van der Waals surface area contributed by atoms with Crippen molar-refractivity contribution in [1.82, 2.24) is 0 Å². The van der Waals surface area contributed by atoms with Crippen LogP contribution in [0.1, 0.15) is 98.5 Å². The Labute approximate surface area is 335 Å². The SMILES string of the molecule is CC(C(=O)O)=C(O)C(O)C(CN=C(N)N)C(C)C1CC2(O)C=CC3(O)C4=C(C(=O)CC1(C1CCCC1)C42C)C1(C)CCC(=O)C(C)(C)C1C3C=Cc1ccccc1. The van der Waals surface area contributed by atoms with E-state index in [-0.39, 0.29) is 42.8 Å². The zero-order valence-electron chi connectivity index (χ0n) is 34.2. The van der Waals surface area contributed by atoms with E-state index in [2.05, 4.69) is 11.9 Å². The van der Waals surface area contributed by atoms with Crippen molar-refractivity contribution in [2.24, 2.45) is 73.6 Å². The van der Waals surface area contributed by atoms with Crippen LogP contribution in [-0.2, 0) is 14.4 Å². The lowest BCUT2D eigenvalue weighted by atomic mass is 9.34. The molecule has 6 aliphatic rings. The minimum Gasteiger partial charge on any atom is -0.509 e. The molecule has 11 heteroatoms. The number of hydrogen-bond acceptors (Lipinski definition) is 8. The Hall–Kier alpha value is -4.06. The zero-order valence-corrected chi connectivity index (χ0v) is 34.2. The predicted molar refractivity (Wildman–Crippen MR) is 217 cm³/mol. The maximum atomic E-state index is 15.6. The van der Waals surface area contributed by atoms with Crippen molar-refractivity contribution in [3.05, 3.63) is 76.6 Å². The quantitative estimate of drug-likeness (QED) is 0.0509. The van der Waals surface area contributed by atoms with Crippen LogP contribution in [0.3, 0.4) is 0 Å². The van der Waals surface area contributed by atoms with Crippen LogP contribution in [0.25, 0.3) is 6.08 Å². The predicted octanol–water partition coefficient (Wildman–Crippen LogP) is 5.65. The molecule has 11 atom stereocenters. The fraction of sp³-hybridized carbons (Fsp3) is 0.609. The molecule has 0 aliphatic heterocycles. The Morgan fingerprint density at radius 2 is 1.67 bits per heavy atom. The van der Waals surface area contributed by atoms with Crippen molar-refractivity contribution in [2.45, 2.75) is 110 Å². The third kappa shape index (κ3) is 5.61. The van der Waals surface area contributed by atoms with Gasteiger partial charge < -0.3 is 37.0 Å². The summed E-state index contributed by atoms with van der Waals surface area (Å²) in [5, 5.41) is 59.8. The van der Waals surface area contributed by atoms with Crippen LogP contribution >= 0.6 is 0 Å². The molecule has 0 heterocycles. The first kappa shape index (κ1) is 41.1. The molecule has 11 nitrogen and oxygen atoms in total. The van der Waals surface area contributed by atoms with E-state index in [9.17, 15) is 35.1 Å². The van der Waals surface area contributed by atoms with Gasteiger partial charge in [0.05, 0.1) is 11.2 Å². The summed E-state index contributed by atoms with van der Waals surface area (Å²) in [5.41, 5.74) is 6.12. The van der Waals surface area contributed by atoms with Gasteiger partial charge in [-0.1, -0.05) is 96.0 Å². The summed E-state index contributed by atoms with van der Waals surface area (Å²) < 4.78 is 0. The summed E-state index contributed by atoms with van der Waals surface area (Å²) in [5.74, 6) is -5.39. The standard InChI is InChI=1S/C46H61N3O8/c1-25(29(24-49-40(47)48)36(53)35(52)26(2)39(54)55)31-22-44(56)20-21-46(57)30(17-16-27-12-8-7-9-13-27)37-41(3,4)33(51)18-19-42(37,5)34-32(50)23-45(31,28-14-10-11-15-28)43(44,6)38(34)46/h7-9,12-13,16-17,20-21,25,28-31,36-37,52-53,56-57H,10-11,14-15,18-19,22-24H2,1-6H3,(H,54,55)(H4,47,48,49). The fourth-order valence-corrected chi connectivity index (χ4v) is 13.8. The number of aliphatic hydroxyl groups excluding tert-OH is 2. The summed E-state index contributed by atoms with van der Waals surface area (Å²) in [6.45, 7) is 11.0. The van der Waals surface area contributed by atoms with Gasteiger partial charge in [-0.05, 0) is 78.9 Å². The lowest BCUT2D eigenvalue weighted by Crippen LogP contribution is -2.70. The molecule has 3 fully saturated rings. The van der Waals surface area contributed by atoms with Crippen LogP contribution in [0.2, 0.25) is 0 Å². The summed E-state index contributed by atoms with van der Waals surface area (Å²) in [6.07, 6.45) is 10.3. The molecule has 57 heavy (non-hydrogen) atoms. The number of hydrogen-bond donors (Lipinski definition) is 7. The first-order valence-electron chi connectivity index (χ1n) is 20.7. The topological polar surface area (TPSA) is 217 Å². The minimum atomic E-state index is -1.74. The average Bonchev–Trinajstić information content (AvgIpc) is 3.77. The maximum absolute atomic E-state index is 15.6. The Morgan fingerprint density at radius 1 is 1.02 bits per heavy atom. The Morgan fingerprint density at radius 3 is 2.28 bits per heavy atom. The monoisotopic (exact) mass is 783 g/mol. The maximum Gasteiger partial charge on any atom is 0.334 e. The van der Waals surface area contributed by atoms with Crippen molar-refractivity contribution in [1.29, 1.82) is 0 Å². The van der Waals surface area contributed by atoms with Gasteiger partial charge in [0, 0.05) is 53.0 Å². The summed E-state index contributed by atoms with van der Waals surface area (Å²) in [4.78, 5) is 45.7. The number of benzene rings is 1. The molecule has 0 bridgehead atoms. The van der Waals surface area contributed by atoms with Crippen LogP contribution < -0.4 is 11.5 Å². The van der Waals surface area contributed by atoms with Gasteiger partial charge in [-0.2, -0.15) is 0 Å².